The maximum Gasteiger partial charge on any atom is 0.264 e. The largest absolute Gasteiger partial charge is 0.475 e. The number of aromatic nitrogens is 2. The van der Waals surface area contributed by atoms with Crippen molar-refractivity contribution >= 4 is 28.1 Å². The normalized spacial score (nSPS) is 16.4. The number of hydrogen-bond donors (Lipinski definition) is 3. The minimum atomic E-state index is -4.20. The van der Waals surface area contributed by atoms with E-state index >= 15 is 0 Å². The average molecular weight is 639 g/mol. The van der Waals surface area contributed by atoms with Crippen molar-refractivity contribution < 1.29 is 17.9 Å². The number of carbonyl (C=O) groups excluding carboxylic acids is 1. The van der Waals surface area contributed by atoms with Gasteiger partial charge in [0.1, 0.15) is 6.61 Å². The van der Waals surface area contributed by atoms with Crippen molar-refractivity contribution in [2.75, 3.05) is 11.3 Å². The smallest absolute Gasteiger partial charge is 0.264 e. The molecular weight excluding hydrogens is 600 g/mol. The van der Waals surface area contributed by atoms with Crippen LogP contribution in [0.25, 0.3) is 11.3 Å². The van der Waals surface area contributed by atoms with Crippen molar-refractivity contribution in [3.63, 3.8) is 0 Å². The first-order valence-corrected chi connectivity index (χ1v) is 16.6. The van der Waals surface area contributed by atoms with Crippen LogP contribution in [-0.4, -0.2) is 48.1 Å². The minimum Gasteiger partial charge on any atom is -0.475 e. The summed E-state index contributed by atoms with van der Waals surface area (Å²) in [6.07, 6.45) is 3.28. The number of fused-ring (bicyclic) bond motifs is 4. The van der Waals surface area contributed by atoms with Gasteiger partial charge in [-0.1, -0.05) is 68.4 Å². The van der Waals surface area contributed by atoms with E-state index in [2.05, 4.69) is 20.0 Å². The van der Waals surface area contributed by atoms with Crippen molar-refractivity contribution in [1.29, 1.82) is 5.41 Å². The molecular formula is C35H38N6O4S. The first-order valence-electron chi connectivity index (χ1n) is 15.1. The summed E-state index contributed by atoms with van der Waals surface area (Å²) in [7, 11) is -4.20. The zero-order valence-corrected chi connectivity index (χ0v) is 27.1. The molecule has 1 atom stereocenters. The van der Waals surface area contributed by atoms with Gasteiger partial charge in [-0.05, 0) is 61.1 Å². The molecule has 0 unspecified atom stereocenters. The van der Waals surface area contributed by atoms with Crippen LogP contribution in [0.2, 0.25) is 0 Å². The predicted molar refractivity (Wildman–Crippen MR) is 179 cm³/mol. The molecule has 46 heavy (non-hydrogen) atoms. The Morgan fingerprint density at radius 3 is 2.46 bits per heavy atom. The van der Waals surface area contributed by atoms with E-state index in [-0.39, 0.29) is 34.8 Å². The molecule has 1 amide bonds. The molecule has 238 valence electrons. The summed E-state index contributed by atoms with van der Waals surface area (Å²) in [6, 6.07) is 22.6. The lowest BCUT2D eigenvalue weighted by molar-refractivity contribution is 0.0679. The lowest BCUT2D eigenvalue weighted by Gasteiger charge is -2.33. The van der Waals surface area contributed by atoms with Gasteiger partial charge in [-0.25, -0.2) is 18.1 Å². The van der Waals surface area contributed by atoms with Gasteiger partial charge in [0.05, 0.1) is 22.3 Å². The minimum absolute atomic E-state index is 0.0306. The Balaban J connectivity index is 1.64. The Morgan fingerprint density at radius 1 is 1.04 bits per heavy atom. The number of sulfonamides is 1. The van der Waals surface area contributed by atoms with E-state index in [0.717, 1.165) is 28.5 Å². The maximum absolute atomic E-state index is 14.3. The molecule has 1 aromatic heterocycles. The Kier molecular flexibility index (Phi) is 9.81. The molecule has 0 saturated heterocycles. The van der Waals surface area contributed by atoms with Crippen LogP contribution in [0.3, 0.4) is 0 Å². The molecule has 10 nitrogen and oxygen atoms in total. The van der Waals surface area contributed by atoms with Crippen LogP contribution in [-0.2, 0) is 16.6 Å². The number of anilines is 1. The standard InChI is InChI=1S/C35H38N6O4S/c1-23(2)16-28-22-45-32-18-31(33-24(3)10-8-11-25(33)4)38-35(39-32)40-46(43,44)30-15-9-14-27(17-30)34(42)41(28)29(19-36)21-37-20-26-12-6-5-7-13-26/h5-15,17-19,21,23,28,36-37H,16,20,22H2,1-4H3,(H,38,39,40)/b29-21+,36-19?/t28-/m1/s1. The third kappa shape index (κ3) is 7.43. The van der Waals surface area contributed by atoms with Gasteiger partial charge in [0.2, 0.25) is 11.8 Å². The van der Waals surface area contributed by atoms with Crippen LogP contribution in [0.4, 0.5) is 5.95 Å². The molecule has 0 aliphatic carbocycles. The first kappa shape index (κ1) is 32.4. The number of benzene rings is 3. The van der Waals surface area contributed by atoms with Crippen LogP contribution in [0.5, 0.6) is 5.88 Å². The summed E-state index contributed by atoms with van der Waals surface area (Å²) in [5.74, 6) is -0.298. The van der Waals surface area contributed by atoms with E-state index in [0.29, 0.717) is 24.4 Å². The number of amides is 1. The SMILES string of the molecule is Cc1cccc(C)c1-c1cc2nc(n1)NS(=O)(=O)c1cccc(c1)C(=O)N(/C(C=N)=C/NCc1ccccc1)[C@H](CC(C)C)CO2. The van der Waals surface area contributed by atoms with Crippen LogP contribution in [0.15, 0.2) is 95.7 Å². The van der Waals surface area contributed by atoms with E-state index in [1.807, 2.05) is 76.2 Å². The van der Waals surface area contributed by atoms with E-state index in [1.165, 1.54) is 23.1 Å². The summed E-state index contributed by atoms with van der Waals surface area (Å²) >= 11 is 0. The zero-order valence-electron chi connectivity index (χ0n) is 26.3. The highest BCUT2D eigenvalue weighted by Gasteiger charge is 2.31. The molecule has 5 rings (SSSR count). The zero-order chi connectivity index (χ0) is 32.8. The van der Waals surface area contributed by atoms with Gasteiger partial charge < -0.3 is 15.5 Å². The van der Waals surface area contributed by atoms with Crippen LogP contribution in [0, 0.1) is 25.2 Å². The Hall–Kier alpha value is -5.03. The van der Waals surface area contributed by atoms with Crippen molar-refractivity contribution in [2.45, 2.75) is 51.6 Å². The first-order chi connectivity index (χ1) is 22.1. The lowest BCUT2D eigenvalue weighted by atomic mass is 10.00. The molecule has 1 aliphatic rings. The van der Waals surface area contributed by atoms with Crippen LogP contribution in [0.1, 0.15) is 47.3 Å². The number of carbonyl (C=O) groups is 1. The quantitative estimate of drug-likeness (QED) is 0.199. The van der Waals surface area contributed by atoms with Gasteiger partial charge in [0.25, 0.3) is 15.9 Å². The fourth-order valence-corrected chi connectivity index (χ4v) is 6.51. The number of aryl methyl sites for hydroxylation is 2. The van der Waals surface area contributed by atoms with Crippen molar-refractivity contribution in [3.8, 4) is 17.1 Å². The highest BCUT2D eigenvalue weighted by atomic mass is 32.2. The van der Waals surface area contributed by atoms with Crippen molar-refractivity contribution in [1.82, 2.24) is 20.2 Å². The Morgan fingerprint density at radius 2 is 1.76 bits per heavy atom. The second-order valence-corrected chi connectivity index (χ2v) is 13.3. The van der Waals surface area contributed by atoms with Gasteiger partial charge in [-0.2, -0.15) is 4.98 Å². The average Bonchev–Trinajstić information content (AvgIpc) is 3.02. The lowest BCUT2D eigenvalue weighted by Crippen LogP contribution is -2.44. The second-order valence-electron chi connectivity index (χ2n) is 11.7. The van der Waals surface area contributed by atoms with Gasteiger partial charge in [-0.3, -0.25) is 9.69 Å². The fourth-order valence-electron chi connectivity index (χ4n) is 5.52. The molecule has 4 bridgehead atoms. The fraction of sp³-hybridized carbons (Fsp3) is 0.257. The molecule has 4 aromatic rings. The number of rotatable bonds is 8. The molecule has 0 radical (unpaired) electrons. The summed E-state index contributed by atoms with van der Waals surface area (Å²) in [5.41, 5.74) is 4.75. The summed E-state index contributed by atoms with van der Waals surface area (Å²) < 4.78 is 36.0. The second kappa shape index (κ2) is 13.9. The third-order valence-electron chi connectivity index (χ3n) is 7.63. The maximum atomic E-state index is 14.3. The summed E-state index contributed by atoms with van der Waals surface area (Å²) in [4.78, 5) is 24.7. The topological polar surface area (TPSA) is 137 Å². The molecule has 11 heteroatoms. The van der Waals surface area contributed by atoms with Crippen LogP contribution < -0.4 is 14.8 Å². The highest BCUT2D eigenvalue weighted by molar-refractivity contribution is 7.92. The Labute approximate surface area is 270 Å². The van der Waals surface area contributed by atoms with E-state index in [1.54, 1.807) is 18.3 Å². The number of hydrogen-bond acceptors (Lipinski definition) is 8. The number of ether oxygens (including phenoxy) is 1. The molecule has 0 saturated carbocycles. The molecule has 3 aromatic carbocycles. The van der Waals surface area contributed by atoms with Gasteiger partial charge in [-0.15, -0.1) is 0 Å². The molecule has 2 heterocycles. The molecule has 1 aliphatic heterocycles. The van der Waals surface area contributed by atoms with E-state index in [4.69, 9.17) is 10.1 Å². The summed E-state index contributed by atoms with van der Waals surface area (Å²) in [5, 5.41) is 11.5. The molecule has 0 spiro atoms. The van der Waals surface area contributed by atoms with Gasteiger partial charge in [0.15, 0.2) is 0 Å². The third-order valence-corrected chi connectivity index (χ3v) is 8.96. The van der Waals surface area contributed by atoms with E-state index < -0.39 is 22.0 Å². The van der Waals surface area contributed by atoms with Gasteiger partial charge >= 0.3 is 0 Å². The Bertz CT molecular complexity index is 1860. The monoisotopic (exact) mass is 638 g/mol. The number of nitrogens with one attached hydrogen (secondary N) is 3. The van der Waals surface area contributed by atoms with Crippen molar-refractivity contribution in [2.24, 2.45) is 5.92 Å². The summed E-state index contributed by atoms with van der Waals surface area (Å²) in [6.45, 7) is 8.52. The van der Waals surface area contributed by atoms with Gasteiger partial charge in [0, 0.05) is 36.2 Å². The number of nitrogens with zero attached hydrogens (tertiary/aromatic N) is 3. The molecule has 0 fully saturated rings. The van der Waals surface area contributed by atoms with E-state index in [9.17, 15) is 13.2 Å². The van der Waals surface area contributed by atoms with Crippen molar-refractivity contribution in [3.05, 3.63) is 113 Å². The molecule has 3 N–H and O–H groups in total. The highest BCUT2D eigenvalue weighted by Crippen LogP contribution is 2.30. The number of allylic oxidation sites excluding steroid dienone is 1. The predicted octanol–water partition coefficient (Wildman–Crippen LogP) is 6.09. The van der Waals surface area contributed by atoms with Crippen LogP contribution >= 0.6 is 0 Å².